The Hall–Kier alpha value is -2.86. The second kappa shape index (κ2) is 8.30. The number of carbonyl (C=O) groups is 2. The van der Waals surface area contributed by atoms with E-state index in [1.54, 1.807) is 11.0 Å². The Bertz CT molecular complexity index is 718. The van der Waals surface area contributed by atoms with Crippen molar-refractivity contribution in [3.8, 4) is 0 Å². The van der Waals surface area contributed by atoms with E-state index in [1.807, 2.05) is 18.2 Å². The zero-order valence-electron chi connectivity index (χ0n) is 13.9. The molecule has 0 radical (unpaired) electrons. The Balaban J connectivity index is 1.41. The van der Waals surface area contributed by atoms with Crippen LogP contribution in [0.15, 0.2) is 59.2 Å². The molecule has 1 aromatic carbocycles. The summed E-state index contributed by atoms with van der Waals surface area (Å²) >= 11 is 0. The van der Waals surface area contributed by atoms with Crippen molar-refractivity contribution in [3.05, 3.63) is 66.1 Å². The number of imide groups is 1. The number of nitrogens with zero attached hydrogens (tertiary/aromatic N) is 2. The quantitative estimate of drug-likeness (QED) is 0.929. The highest BCUT2D eigenvalue weighted by Gasteiger charge is 2.22. The summed E-state index contributed by atoms with van der Waals surface area (Å²) in [6, 6.07) is 12.9. The molecule has 130 valence electrons. The fourth-order valence-electron chi connectivity index (χ4n) is 2.68. The lowest BCUT2D eigenvalue weighted by atomic mass is 10.2. The van der Waals surface area contributed by atoms with E-state index >= 15 is 0 Å². The number of nitrogens with one attached hydrogen (secondary N) is 1. The second-order valence-electron chi connectivity index (χ2n) is 5.84. The molecule has 0 saturated carbocycles. The van der Waals surface area contributed by atoms with Crippen molar-refractivity contribution in [1.82, 2.24) is 15.1 Å². The van der Waals surface area contributed by atoms with Crippen LogP contribution in [0.4, 0.5) is 4.79 Å². The smallest absolute Gasteiger partial charge is 0.324 e. The van der Waals surface area contributed by atoms with E-state index in [-0.39, 0.29) is 11.8 Å². The lowest BCUT2D eigenvalue weighted by molar-refractivity contribution is 0.0911. The number of hydrogen-bond acceptors (Lipinski definition) is 4. The van der Waals surface area contributed by atoms with Crippen molar-refractivity contribution in [1.29, 1.82) is 0 Å². The standard InChI is InChI=1S/C19H21N3O3/c23-18(17-9-5-15-25-17)20-19(24)22-13-11-21(12-14-22)10-4-8-16-6-2-1-3-7-16/h1-9,15H,10-14H2,(H,20,23,24)/b8-4+. The van der Waals surface area contributed by atoms with Gasteiger partial charge in [0, 0.05) is 32.7 Å². The maximum absolute atomic E-state index is 12.1. The number of piperazine rings is 1. The van der Waals surface area contributed by atoms with Gasteiger partial charge in [-0.15, -0.1) is 0 Å². The molecule has 2 aromatic rings. The van der Waals surface area contributed by atoms with Crippen LogP contribution in [0, 0.1) is 0 Å². The van der Waals surface area contributed by atoms with Crippen LogP contribution in [-0.4, -0.2) is 54.5 Å². The van der Waals surface area contributed by atoms with Crippen molar-refractivity contribution >= 4 is 18.0 Å². The van der Waals surface area contributed by atoms with Gasteiger partial charge in [0.25, 0.3) is 5.91 Å². The number of benzene rings is 1. The van der Waals surface area contributed by atoms with E-state index in [2.05, 4.69) is 34.5 Å². The van der Waals surface area contributed by atoms with Crippen LogP contribution in [0.5, 0.6) is 0 Å². The molecule has 25 heavy (non-hydrogen) atoms. The van der Waals surface area contributed by atoms with Crippen molar-refractivity contribution in [2.45, 2.75) is 0 Å². The third kappa shape index (κ3) is 4.81. The molecule has 0 unspecified atom stereocenters. The van der Waals surface area contributed by atoms with E-state index in [9.17, 15) is 9.59 Å². The fraction of sp³-hybridized carbons (Fsp3) is 0.263. The molecular formula is C19H21N3O3. The van der Waals surface area contributed by atoms with E-state index < -0.39 is 5.91 Å². The van der Waals surface area contributed by atoms with Gasteiger partial charge in [-0.3, -0.25) is 15.0 Å². The number of amides is 3. The first kappa shape index (κ1) is 17.0. The first-order chi connectivity index (χ1) is 12.2. The van der Waals surface area contributed by atoms with Crippen molar-refractivity contribution in [2.24, 2.45) is 0 Å². The summed E-state index contributed by atoms with van der Waals surface area (Å²) in [6.07, 6.45) is 5.63. The molecule has 2 heterocycles. The first-order valence-corrected chi connectivity index (χ1v) is 8.30. The summed E-state index contributed by atoms with van der Waals surface area (Å²) in [6.45, 7) is 3.59. The van der Waals surface area contributed by atoms with Gasteiger partial charge in [-0.25, -0.2) is 4.79 Å². The minimum atomic E-state index is -0.511. The molecule has 6 heteroatoms. The number of hydrogen-bond donors (Lipinski definition) is 1. The van der Waals surface area contributed by atoms with E-state index in [1.165, 1.54) is 17.9 Å². The third-order valence-electron chi connectivity index (χ3n) is 4.10. The van der Waals surface area contributed by atoms with Crippen LogP contribution in [0.2, 0.25) is 0 Å². The molecular weight excluding hydrogens is 318 g/mol. The molecule has 1 aromatic heterocycles. The van der Waals surface area contributed by atoms with Gasteiger partial charge in [0.15, 0.2) is 5.76 Å². The largest absolute Gasteiger partial charge is 0.459 e. The van der Waals surface area contributed by atoms with Gasteiger partial charge in [-0.2, -0.15) is 0 Å². The molecule has 0 spiro atoms. The van der Waals surface area contributed by atoms with Gasteiger partial charge >= 0.3 is 6.03 Å². The molecule has 1 N–H and O–H groups in total. The molecule has 0 atom stereocenters. The van der Waals surface area contributed by atoms with Crippen molar-refractivity contribution < 1.29 is 14.0 Å². The predicted octanol–water partition coefficient (Wildman–Crippen LogP) is 2.46. The molecule has 6 nitrogen and oxygen atoms in total. The second-order valence-corrected chi connectivity index (χ2v) is 5.84. The maximum atomic E-state index is 12.1. The van der Waals surface area contributed by atoms with Crippen LogP contribution in [-0.2, 0) is 0 Å². The van der Waals surface area contributed by atoms with Gasteiger partial charge in [-0.05, 0) is 17.7 Å². The Morgan fingerprint density at radius 1 is 1.04 bits per heavy atom. The minimum absolute atomic E-state index is 0.137. The minimum Gasteiger partial charge on any atom is -0.459 e. The summed E-state index contributed by atoms with van der Waals surface area (Å²) in [5.74, 6) is -0.374. The lowest BCUT2D eigenvalue weighted by Gasteiger charge is -2.33. The molecule has 3 amide bonds. The van der Waals surface area contributed by atoms with Crippen LogP contribution in [0.3, 0.4) is 0 Å². The Kier molecular flexibility index (Phi) is 5.64. The average Bonchev–Trinajstić information content (AvgIpc) is 3.18. The van der Waals surface area contributed by atoms with Crippen molar-refractivity contribution in [3.63, 3.8) is 0 Å². The van der Waals surface area contributed by atoms with Crippen LogP contribution in [0.25, 0.3) is 6.08 Å². The Labute approximate surface area is 146 Å². The summed E-state index contributed by atoms with van der Waals surface area (Å²) in [7, 11) is 0. The van der Waals surface area contributed by atoms with E-state index in [0.29, 0.717) is 13.1 Å². The molecule has 1 aliphatic rings. The van der Waals surface area contributed by atoms with Crippen molar-refractivity contribution in [2.75, 3.05) is 32.7 Å². The predicted molar refractivity (Wildman–Crippen MR) is 95.1 cm³/mol. The zero-order chi connectivity index (χ0) is 17.5. The monoisotopic (exact) mass is 339 g/mol. The zero-order valence-corrected chi connectivity index (χ0v) is 13.9. The summed E-state index contributed by atoms with van der Waals surface area (Å²) in [5, 5.41) is 2.35. The highest BCUT2D eigenvalue weighted by Crippen LogP contribution is 2.06. The van der Waals surface area contributed by atoms with Gasteiger partial charge in [-0.1, -0.05) is 42.5 Å². The molecule has 1 fully saturated rings. The number of carbonyl (C=O) groups excluding carboxylic acids is 2. The fourth-order valence-corrected chi connectivity index (χ4v) is 2.68. The summed E-state index contributed by atoms with van der Waals surface area (Å²) < 4.78 is 4.98. The van der Waals surface area contributed by atoms with Gasteiger partial charge in [0.2, 0.25) is 0 Å². The third-order valence-corrected chi connectivity index (χ3v) is 4.10. The van der Waals surface area contributed by atoms with Crippen LogP contribution < -0.4 is 5.32 Å². The Morgan fingerprint density at radius 3 is 2.48 bits per heavy atom. The normalized spacial score (nSPS) is 15.4. The molecule has 0 aliphatic carbocycles. The summed E-state index contributed by atoms with van der Waals surface area (Å²) in [5.41, 5.74) is 1.18. The van der Waals surface area contributed by atoms with E-state index in [4.69, 9.17) is 4.42 Å². The summed E-state index contributed by atoms with van der Waals surface area (Å²) in [4.78, 5) is 27.9. The highest BCUT2D eigenvalue weighted by molar-refractivity contribution is 6.02. The van der Waals surface area contributed by atoms with Gasteiger partial charge < -0.3 is 9.32 Å². The molecule has 1 aliphatic heterocycles. The highest BCUT2D eigenvalue weighted by atomic mass is 16.3. The van der Waals surface area contributed by atoms with Crippen LogP contribution >= 0.6 is 0 Å². The molecule has 0 bridgehead atoms. The SMILES string of the molecule is O=C(NC(=O)N1CCN(C/C=C/c2ccccc2)CC1)c1ccco1. The van der Waals surface area contributed by atoms with Crippen LogP contribution in [0.1, 0.15) is 16.1 Å². The number of rotatable bonds is 4. The lowest BCUT2D eigenvalue weighted by Crippen LogP contribution is -2.52. The Morgan fingerprint density at radius 2 is 1.80 bits per heavy atom. The topological polar surface area (TPSA) is 65.8 Å². The molecule has 1 saturated heterocycles. The van der Waals surface area contributed by atoms with E-state index in [0.717, 1.165) is 19.6 Å². The maximum Gasteiger partial charge on any atom is 0.324 e. The average molecular weight is 339 g/mol. The number of urea groups is 1. The number of furan rings is 1. The first-order valence-electron chi connectivity index (χ1n) is 8.30. The molecule has 3 rings (SSSR count). The van der Waals surface area contributed by atoms with Gasteiger partial charge in [0.1, 0.15) is 0 Å². The van der Waals surface area contributed by atoms with Gasteiger partial charge in [0.05, 0.1) is 6.26 Å².